The second-order valence-electron chi connectivity index (χ2n) is 10.7. The normalized spacial score (nSPS) is 42.1. The Morgan fingerprint density at radius 1 is 1.20 bits per heavy atom. The molecule has 2 heterocycles. The van der Waals surface area contributed by atoms with Gasteiger partial charge in [0.2, 0.25) is 11.8 Å². The van der Waals surface area contributed by atoms with Crippen molar-refractivity contribution >= 4 is 17.6 Å². The van der Waals surface area contributed by atoms with E-state index in [4.69, 9.17) is 0 Å². The Bertz CT molecular complexity index is 892. The summed E-state index contributed by atoms with van der Waals surface area (Å²) in [5.74, 6) is 3.23. The Morgan fingerprint density at radius 3 is 2.80 bits per heavy atom. The van der Waals surface area contributed by atoms with Crippen molar-refractivity contribution in [2.75, 3.05) is 5.32 Å². The van der Waals surface area contributed by atoms with Crippen LogP contribution in [0, 0.1) is 41.4 Å². The SMILES string of the molecule is Cc1cc(NC(=O)C[C@H]2CC[C@H]3[C@@H]4CC[C@H]5NC(=O)C=C[C@]5(C)[C@H]4CC[C@]23C)n[nH]1. The number of H-pyrrole nitrogens is 1. The van der Waals surface area contributed by atoms with Gasteiger partial charge in [-0.1, -0.05) is 19.9 Å². The fourth-order valence-corrected chi connectivity index (χ4v) is 7.68. The number of hydrogen-bond donors (Lipinski definition) is 3. The number of anilines is 1. The molecule has 2 amide bonds. The van der Waals surface area contributed by atoms with Gasteiger partial charge in [-0.05, 0) is 80.6 Å². The van der Waals surface area contributed by atoms with E-state index in [0.29, 0.717) is 35.9 Å². The molecule has 5 rings (SSSR count). The van der Waals surface area contributed by atoms with Gasteiger partial charge >= 0.3 is 0 Å². The van der Waals surface area contributed by atoms with Gasteiger partial charge in [-0.2, -0.15) is 5.10 Å². The average molecular weight is 411 g/mol. The monoisotopic (exact) mass is 410 g/mol. The highest BCUT2D eigenvalue weighted by atomic mass is 16.2. The fourth-order valence-electron chi connectivity index (χ4n) is 7.68. The van der Waals surface area contributed by atoms with E-state index >= 15 is 0 Å². The highest BCUT2D eigenvalue weighted by molar-refractivity contribution is 5.90. The lowest BCUT2D eigenvalue weighted by molar-refractivity contribution is -0.123. The zero-order valence-electron chi connectivity index (χ0n) is 18.3. The Kier molecular flexibility index (Phi) is 4.60. The molecule has 1 aliphatic heterocycles. The average Bonchev–Trinajstić information content (AvgIpc) is 3.25. The highest BCUT2D eigenvalue weighted by Gasteiger charge is 2.59. The summed E-state index contributed by atoms with van der Waals surface area (Å²) < 4.78 is 0. The van der Waals surface area contributed by atoms with Gasteiger partial charge in [0.15, 0.2) is 5.82 Å². The number of carbonyl (C=O) groups excluding carboxylic acids is 2. The summed E-state index contributed by atoms with van der Waals surface area (Å²) in [7, 11) is 0. The van der Waals surface area contributed by atoms with E-state index in [1.54, 1.807) is 6.08 Å². The number of nitrogens with one attached hydrogen (secondary N) is 3. The van der Waals surface area contributed by atoms with E-state index in [0.717, 1.165) is 18.5 Å². The maximum atomic E-state index is 12.7. The number of aryl methyl sites for hydroxylation is 1. The van der Waals surface area contributed by atoms with Crippen LogP contribution in [0.2, 0.25) is 0 Å². The largest absolute Gasteiger partial charge is 0.349 e. The molecule has 3 aliphatic carbocycles. The summed E-state index contributed by atoms with van der Waals surface area (Å²) in [5.41, 5.74) is 1.27. The minimum atomic E-state index is 0.0654. The van der Waals surface area contributed by atoms with Gasteiger partial charge in [-0.25, -0.2) is 0 Å². The molecule has 3 saturated carbocycles. The van der Waals surface area contributed by atoms with E-state index in [1.165, 1.54) is 25.7 Å². The summed E-state index contributed by atoms with van der Waals surface area (Å²) in [6, 6.07) is 2.15. The van der Waals surface area contributed by atoms with Crippen LogP contribution in [-0.4, -0.2) is 28.1 Å². The molecule has 0 saturated heterocycles. The summed E-state index contributed by atoms with van der Waals surface area (Å²) in [4.78, 5) is 24.6. The van der Waals surface area contributed by atoms with Crippen molar-refractivity contribution in [3.63, 3.8) is 0 Å². The van der Waals surface area contributed by atoms with E-state index in [1.807, 2.05) is 13.0 Å². The fraction of sp³-hybridized carbons (Fsp3) is 0.708. The minimum Gasteiger partial charge on any atom is -0.349 e. The van der Waals surface area contributed by atoms with Gasteiger partial charge in [0, 0.05) is 29.6 Å². The van der Waals surface area contributed by atoms with Crippen LogP contribution < -0.4 is 10.6 Å². The summed E-state index contributed by atoms with van der Waals surface area (Å²) in [6.45, 7) is 6.75. The number of aromatic amines is 1. The van der Waals surface area contributed by atoms with E-state index < -0.39 is 0 Å². The molecule has 3 fully saturated rings. The molecule has 1 aromatic heterocycles. The van der Waals surface area contributed by atoms with Crippen molar-refractivity contribution in [1.82, 2.24) is 15.5 Å². The number of carbonyl (C=O) groups is 2. The molecule has 7 atom stereocenters. The number of rotatable bonds is 3. The summed E-state index contributed by atoms with van der Waals surface area (Å²) >= 11 is 0. The Morgan fingerprint density at radius 2 is 2.03 bits per heavy atom. The van der Waals surface area contributed by atoms with Crippen molar-refractivity contribution in [1.29, 1.82) is 0 Å². The van der Waals surface area contributed by atoms with Gasteiger partial charge in [0.1, 0.15) is 0 Å². The highest BCUT2D eigenvalue weighted by Crippen LogP contribution is 2.65. The lowest BCUT2D eigenvalue weighted by atomic mass is 9.48. The molecule has 0 unspecified atom stereocenters. The number of nitrogens with zero attached hydrogens (tertiary/aromatic N) is 1. The molecule has 6 heteroatoms. The predicted octanol–water partition coefficient (Wildman–Crippen LogP) is 3.96. The quantitative estimate of drug-likeness (QED) is 0.705. The van der Waals surface area contributed by atoms with Crippen LogP contribution in [0.4, 0.5) is 5.82 Å². The third-order valence-electron chi connectivity index (χ3n) is 9.29. The van der Waals surface area contributed by atoms with Crippen molar-refractivity contribution in [2.24, 2.45) is 34.5 Å². The molecule has 30 heavy (non-hydrogen) atoms. The van der Waals surface area contributed by atoms with Gasteiger partial charge in [-0.15, -0.1) is 0 Å². The minimum absolute atomic E-state index is 0.0654. The molecule has 0 radical (unpaired) electrons. The zero-order chi connectivity index (χ0) is 21.1. The van der Waals surface area contributed by atoms with Crippen LogP contribution in [0.1, 0.15) is 64.5 Å². The molecule has 3 N–H and O–H groups in total. The molecule has 0 bridgehead atoms. The van der Waals surface area contributed by atoms with Crippen molar-refractivity contribution in [3.05, 3.63) is 23.9 Å². The summed E-state index contributed by atoms with van der Waals surface area (Å²) in [6.07, 6.45) is 11.6. The third kappa shape index (κ3) is 3.02. The molecule has 6 nitrogen and oxygen atoms in total. The zero-order valence-corrected chi connectivity index (χ0v) is 18.3. The van der Waals surface area contributed by atoms with Crippen LogP contribution in [0.3, 0.4) is 0 Å². The molecule has 0 aromatic carbocycles. The number of hydrogen-bond acceptors (Lipinski definition) is 3. The first kappa shape index (κ1) is 19.8. The van der Waals surface area contributed by atoms with Gasteiger partial charge in [0.25, 0.3) is 0 Å². The van der Waals surface area contributed by atoms with Gasteiger partial charge in [-0.3, -0.25) is 14.7 Å². The molecular weight excluding hydrogens is 376 g/mol. The number of amides is 2. The van der Waals surface area contributed by atoms with Crippen molar-refractivity contribution in [3.8, 4) is 0 Å². The maximum Gasteiger partial charge on any atom is 0.243 e. The van der Waals surface area contributed by atoms with E-state index in [2.05, 4.69) is 40.8 Å². The van der Waals surface area contributed by atoms with Crippen molar-refractivity contribution in [2.45, 2.75) is 71.8 Å². The Labute approximate surface area is 178 Å². The predicted molar refractivity (Wildman–Crippen MR) is 116 cm³/mol. The Hall–Kier alpha value is -2.11. The van der Waals surface area contributed by atoms with Gasteiger partial charge in [0.05, 0.1) is 0 Å². The van der Waals surface area contributed by atoms with Crippen LogP contribution in [0.25, 0.3) is 0 Å². The van der Waals surface area contributed by atoms with E-state index in [-0.39, 0.29) is 28.7 Å². The first-order valence-electron chi connectivity index (χ1n) is 11.6. The molecule has 0 spiro atoms. The number of aromatic nitrogens is 2. The van der Waals surface area contributed by atoms with Crippen LogP contribution in [0.5, 0.6) is 0 Å². The maximum absolute atomic E-state index is 12.7. The molecule has 4 aliphatic rings. The Balaban J connectivity index is 1.31. The van der Waals surface area contributed by atoms with Crippen LogP contribution in [0.15, 0.2) is 18.2 Å². The van der Waals surface area contributed by atoms with Crippen LogP contribution >= 0.6 is 0 Å². The number of fused-ring (bicyclic) bond motifs is 5. The molecule has 162 valence electrons. The topological polar surface area (TPSA) is 86.9 Å². The first-order chi connectivity index (χ1) is 14.3. The van der Waals surface area contributed by atoms with Crippen LogP contribution in [-0.2, 0) is 9.59 Å². The van der Waals surface area contributed by atoms with E-state index in [9.17, 15) is 9.59 Å². The lowest BCUT2D eigenvalue weighted by Gasteiger charge is -2.59. The summed E-state index contributed by atoms with van der Waals surface area (Å²) in [5, 5.41) is 13.2. The lowest BCUT2D eigenvalue weighted by Crippen LogP contribution is -2.59. The molecular formula is C24H34N4O2. The van der Waals surface area contributed by atoms with Gasteiger partial charge < -0.3 is 10.6 Å². The first-order valence-corrected chi connectivity index (χ1v) is 11.6. The second-order valence-corrected chi connectivity index (χ2v) is 10.7. The smallest absolute Gasteiger partial charge is 0.243 e. The van der Waals surface area contributed by atoms with Crippen molar-refractivity contribution < 1.29 is 9.59 Å². The third-order valence-corrected chi connectivity index (χ3v) is 9.29. The standard InChI is InChI=1S/C24H34N4O2/c1-14-12-20(28-27-14)26-22(30)13-15-4-6-17-16-5-7-19-24(3,11-9-21(29)25-19)18(16)8-10-23(15,17)2/h9,11-12,15-19H,4-8,10,13H2,1-3H3,(H,25,29)(H2,26,27,28,30)/t15-,16+,17+,18+,19-,23-,24-/m1/s1. The molecule has 1 aromatic rings. The second kappa shape index (κ2) is 6.96.